The van der Waals surface area contributed by atoms with Gasteiger partial charge in [0.25, 0.3) is 0 Å². The fraction of sp³-hybridized carbons (Fsp3) is 0.222. The lowest BCUT2D eigenvalue weighted by atomic mass is 10.1. The molecule has 0 fully saturated rings. The molecule has 2 N–H and O–H groups in total. The summed E-state index contributed by atoms with van der Waals surface area (Å²) in [6.07, 6.45) is 0.643. The average Bonchev–Trinajstić information content (AvgIpc) is 2.06. The van der Waals surface area contributed by atoms with Crippen LogP contribution in [-0.4, -0.2) is 22.0 Å². The summed E-state index contributed by atoms with van der Waals surface area (Å²) in [6.45, 7) is 1.49. The summed E-state index contributed by atoms with van der Waals surface area (Å²) in [5.41, 5.74) is 0.772. The zero-order chi connectivity index (χ0) is 10.6. The Balaban J connectivity index is 2.68. The van der Waals surface area contributed by atoms with Crippen molar-refractivity contribution in [3.63, 3.8) is 0 Å². The minimum absolute atomic E-state index is 0.0470. The molecular weight excluding hydrogens is 184 g/mol. The molecule has 1 amide bonds. The number of aromatic nitrogens is 1. The fourth-order valence-electron chi connectivity index (χ4n) is 1.00. The van der Waals surface area contributed by atoms with Gasteiger partial charge < -0.3 is 5.11 Å². The molecule has 1 rings (SSSR count). The minimum atomic E-state index is -1.16. The first-order valence-corrected chi connectivity index (χ1v) is 4.02. The number of carboxylic acid groups (broad SMARTS) is 1. The Hall–Kier alpha value is -1.91. The second kappa shape index (κ2) is 4.36. The first kappa shape index (κ1) is 10.2. The summed E-state index contributed by atoms with van der Waals surface area (Å²) in [4.78, 5) is 24.8. The fourth-order valence-corrected chi connectivity index (χ4v) is 1.00. The van der Waals surface area contributed by atoms with Gasteiger partial charge in [-0.2, -0.15) is 0 Å². The second-order valence-corrected chi connectivity index (χ2v) is 2.86. The van der Waals surface area contributed by atoms with Crippen LogP contribution in [0, 0.1) is 0 Å². The quantitative estimate of drug-likeness (QED) is 0.760. The van der Waals surface area contributed by atoms with Gasteiger partial charge in [-0.25, -0.2) is 9.78 Å². The topological polar surface area (TPSA) is 79.3 Å². The van der Waals surface area contributed by atoms with Gasteiger partial charge in [0.05, 0.1) is 0 Å². The van der Waals surface area contributed by atoms with Gasteiger partial charge in [-0.15, -0.1) is 0 Å². The molecule has 0 unspecified atom stereocenters. The van der Waals surface area contributed by atoms with E-state index in [4.69, 9.17) is 5.11 Å². The number of anilines is 1. The van der Waals surface area contributed by atoms with E-state index >= 15 is 0 Å². The number of amides is 1. The largest absolute Gasteiger partial charge is 0.465 e. The first-order valence-electron chi connectivity index (χ1n) is 4.02. The molecule has 1 heterocycles. The number of nitrogens with one attached hydrogen (secondary N) is 1. The lowest BCUT2D eigenvalue weighted by Gasteiger charge is -2.00. The van der Waals surface area contributed by atoms with Gasteiger partial charge in [0.15, 0.2) is 0 Å². The number of hydrogen-bond acceptors (Lipinski definition) is 3. The lowest BCUT2D eigenvalue weighted by molar-refractivity contribution is -0.116. The maximum atomic E-state index is 10.7. The maximum Gasteiger partial charge on any atom is 0.410 e. The summed E-state index contributed by atoms with van der Waals surface area (Å²) >= 11 is 0. The van der Waals surface area contributed by atoms with E-state index in [-0.39, 0.29) is 11.6 Å². The summed E-state index contributed by atoms with van der Waals surface area (Å²) in [5.74, 6) is 0.301. The molecule has 74 valence electrons. The number of ketones is 1. The summed E-state index contributed by atoms with van der Waals surface area (Å²) in [5, 5.41) is 10.5. The van der Waals surface area contributed by atoms with E-state index in [9.17, 15) is 9.59 Å². The Kier molecular flexibility index (Phi) is 3.17. The number of rotatable bonds is 3. The van der Waals surface area contributed by atoms with Gasteiger partial charge in [-0.1, -0.05) is 6.07 Å². The Bertz CT molecular complexity index is 311. The molecule has 0 aromatic carbocycles. The molecule has 0 saturated carbocycles. The van der Waals surface area contributed by atoms with Gasteiger partial charge >= 0.3 is 6.09 Å². The third-order valence-electron chi connectivity index (χ3n) is 1.51. The average molecular weight is 194 g/mol. The van der Waals surface area contributed by atoms with Crippen molar-refractivity contribution >= 4 is 17.7 Å². The lowest BCUT2D eigenvalue weighted by Crippen LogP contribution is -2.08. The van der Waals surface area contributed by atoms with Gasteiger partial charge in [0.1, 0.15) is 11.6 Å². The van der Waals surface area contributed by atoms with Crippen molar-refractivity contribution in [2.75, 3.05) is 5.32 Å². The molecule has 0 atom stereocenters. The molecule has 0 spiro atoms. The van der Waals surface area contributed by atoms with Crippen molar-refractivity contribution in [2.24, 2.45) is 0 Å². The minimum Gasteiger partial charge on any atom is -0.465 e. The van der Waals surface area contributed by atoms with Crippen molar-refractivity contribution in [2.45, 2.75) is 13.3 Å². The van der Waals surface area contributed by atoms with Crippen molar-refractivity contribution in [1.82, 2.24) is 4.98 Å². The van der Waals surface area contributed by atoms with Crippen molar-refractivity contribution < 1.29 is 14.7 Å². The van der Waals surface area contributed by atoms with Crippen LogP contribution in [0.3, 0.4) is 0 Å². The second-order valence-electron chi connectivity index (χ2n) is 2.86. The highest BCUT2D eigenvalue weighted by atomic mass is 16.4. The SMILES string of the molecule is CC(=O)Cc1ccc(NC(=O)O)nc1. The van der Waals surface area contributed by atoms with E-state index in [2.05, 4.69) is 10.3 Å². The molecule has 0 bridgehead atoms. The molecule has 1 aromatic heterocycles. The number of pyridine rings is 1. The number of Topliss-reactive ketones (excluding diaryl/α,β-unsaturated/α-hetero) is 1. The van der Waals surface area contributed by atoms with Crippen LogP contribution in [0.2, 0.25) is 0 Å². The third-order valence-corrected chi connectivity index (χ3v) is 1.51. The van der Waals surface area contributed by atoms with E-state index in [1.807, 2.05) is 0 Å². The number of hydrogen-bond donors (Lipinski definition) is 2. The van der Waals surface area contributed by atoms with Crippen molar-refractivity contribution in [1.29, 1.82) is 0 Å². The normalized spacial score (nSPS) is 9.50. The van der Waals surface area contributed by atoms with Gasteiger partial charge in [-0.3, -0.25) is 10.1 Å². The molecule has 0 aliphatic carbocycles. The molecular formula is C9H10N2O3. The van der Waals surface area contributed by atoms with Crippen LogP contribution in [0.4, 0.5) is 10.6 Å². The highest BCUT2D eigenvalue weighted by molar-refractivity contribution is 5.81. The molecule has 0 saturated heterocycles. The molecule has 5 heteroatoms. The molecule has 0 radical (unpaired) electrons. The summed E-state index contributed by atoms with van der Waals surface area (Å²) < 4.78 is 0. The van der Waals surface area contributed by atoms with E-state index in [1.54, 1.807) is 6.07 Å². The highest BCUT2D eigenvalue weighted by Crippen LogP contribution is 2.05. The standard InChI is InChI=1S/C9H10N2O3/c1-6(12)4-7-2-3-8(10-5-7)11-9(13)14/h2-3,5H,4H2,1H3,(H,10,11)(H,13,14). The first-order chi connectivity index (χ1) is 6.58. The van der Waals surface area contributed by atoms with Crippen LogP contribution in [0.1, 0.15) is 12.5 Å². The van der Waals surface area contributed by atoms with Crippen LogP contribution in [-0.2, 0) is 11.2 Å². The predicted octanol–water partition coefficient (Wildman–Crippen LogP) is 1.30. The van der Waals surface area contributed by atoms with E-state index in [0.717, 1.165) is 5.56 Å². The maximum absolute atomic E-state index is 10.7. The van der Waals surface area contributed by atoms with E-state index < -0.39 is 6.09 Å². The van der Waals surface area contributed by atoms with E-state index in [1.165, 1.54) is 19.2 Å². The molecule has 1 aromatic rings. The monoisotopic (exact) mass is 194 g/mol. The number of carbonyl (C=O) groups is 2. The van der Waals surface area contributed by atoms with Gasteiger partial charge in [-0.05, 0) is 18.6 Å². The molecule has 14 heavy (non-hydrogen) atoms. The van der Waals surface area contributed by atoms with Crippen LogP contribution in [0.15, 0.2) is 18.3 Å². The van der Waals surface area contributed by atoms with Crippen LogP contribution in [0.5, 0.6) is 0 Å². The van der Waals surface area contributed by atoms with Crippen LogP contribution < -0.4 is 5.32 Å². The Morgan fingerprint density at radius 2 is 2.21 bits per heavy atom. The third kappa shape index (κ3) is 3.22. The summed E-state index contributed by atoms with van der Waals surface area (Å²) in [7, 11) is 0. The Morgan fingerprint density at radius 3 is 2.64 bits per heavy atom. The predicted molar refractivity (Wildman–Crippen MR) is 50.3 cm³/mol. The summed E-state index contributed by atoms with van der Waals surface area (Å²) in [6, 6.07) is 3.19. The Morgan fingerprint density at radius 1 is 1.50 bits per heavy atom. The zero-order valence-electron chi connectivity index (χ0n) is 7.65. The van der Waals surface area contributed by atoms with Crippen molar-refractivity contribution in [3.8, 4) is 0 Å². The molecule has 0 aliphatic heterocycles. The van der Waals surface area contributed by atoms with E-state index in [0.29, 0.717) is 6.42 Å². The number of carbonyl (C=O) groups excluding carboxylic acids is 1. The van der Waals surface area contributed by atoms with Gasteiger partial charge in [0, 0.05) is 12.6 Å². The Labute approximate surface area is 80.8 Å². The van der Waals surface area contributed by atoms with Crippen LogP contribution >= 0.6 is 0 Å². The molecule has 5 nitrogen and oxygen atoms in total. The van der Waals surface area contributed by atoms with Crippen LogP contribution in [0.25, 0.3) is 0 Å². The molecule has 0 aliphatic rings. The zero-order valence-corrected chi connectivity index (χ0v) is 7.65. The van der Waals surface area contributed by atoms with Gasteiger partial charge in [0.2, 0.25) is 0 Å². The van der Waals surface area contributed by atoms with Crippen molar-refractivity contribution in [3.05, 3.63) is 23.9 Å². The smallest absolute Gasteiger partial charge is 0.410 e. The highest BCUT2D eigenvalue weighted by Gasteiger charge is 2.00. The number of nitrogens with zero attached hydrogens (tertiary/aromatic N) is 1.